The van der Waals surface area contributed by atoms with Crippen LogP contribution in [-0.2, 0) is 14.3 Å². The number of hydrogen-bond acceptors (Lipinski definition) is 3. The second-order valence-corrected chi connectivity index (χ2v) is 3.28. The number of esters is 1. The lowest BCUT2D eigenvalue weighted by Gasteiger charge is -2.17. The SMILES string of the molecule is C=C1C=CC=C2OC(=O)C(OCC)C12. The summed E-state index contributed by atoms with van der Waals surface area (Å²) >= 11 is 0. The number of carbonyl (C=O) groups is 1. The molecule has 0 bridgehead atoms. The second kappa shape index (κ2) is 3.42. The lowest BCUT2D eigenvalue weighted by Crippen LogP contribution is -2.26. The highest BCUT2D eigenvalue weighted by Gasteiger charge is 2.43. The Morgan fingerprint density at radius 3 is 3.14 bits per heavy atom. The Morgan fingerprint density at radius 1 is 1.64 bits per heavy atom. The molecule has 1 fully saturated rings. The van der Waals surface area contributed by atoms with E-state index in [9.17, 15) is 4.79 Å². The summed E-state index contributed by atoms with van der Waals surface area (Å²) in [5.74, 6) is 0.223. The average Bonchev–Trinajstić information content (AvgIpc) is 2.45. The summed E-state index contributed by atoms with van der Waals surface area (Å²) in [6, 6.07) is 0. The van der Waals surface area contributed by atoms with Crippen molar-refractivity contribution in [2.24, 2.45) is 5.92 Å². The largest absolute Gasteiger partial charge is 0.428 e. The molecule has 0 aromatic heterocycles. The molecule has 3 nitrogen and oxygen atoms in total. The van der Waals surface area contributed by atoms with E-state index in [1.54, 1.807) is 6.08 Å². The molecule has 1 saturated heterocycles. The monoisotopic (exact) mass is 192 g/mol. The molecule has 14 heavy (non-hydrogen) atoms. The van der Waals surface area contributed by atoms with E-state index in [0.29, 0.717) is 12.4 Å². The molecule has 0 aromatic rings. The van der Waals surface area contributed by atoms with Gasteiger partial charge in [0.2, 0.25) is 0 Å². The predicted octanol–water partition coefficient (Wildman–Crippen LogP) is 1.57. The zero-order valence-electron chi connectivity index (χ0n) is 8.03. The third-order valence-corrected chi connectivity index (χ3v) is 2.38. The molecule has 2 atom stereocenters. The van der Waals surface area contributed by atoms with Gasteiger partial charge in [0.05, 0.1) is 5.92 Å². The van der Waals surface area contributed by atoms with E-state index >= 15 is 0 Å². The molecule has 0 saturated carbocycles. The first-order chi connectivity index (χ1) is 6.74. The summed E-state index contributed by atoms with van der Waals surface area (Å²) in [7, 11) is 0. The molecule has 0 N–H and O–H groups in total. The molecule has 0 spiro atoms. The van der Waals surface area contributed by atoms with Crippen molar-refractivity contribution in [2.45, 2.75) is 13.0 Å². The quantitative estimate of drug-likeness (QED) is 0.623. The molecule has 1 heterocycles. The third kappa shape index (κ3) is 1.30. The first kappa shape index (κ1) is 9.21. The van der Waals surface area contributed by atoms with Crippen LogP contribution in [0.3, 0.4) is 0 Å². The number of ether oxygens (including phenoxy) is 2. The number of rotatable bonds is 2. The lowest BCUT2D eigenvalue weighted by atomic mass is 9.91. The highest BCUT2D eigenvalue weighted by molar-refractivity contribution is 5.81. The zero-order valence-corrected chi connectivity index (χ0v) is 8.03. The first-order valence-corrected chi connectivity index (χ1v) is 4.64. The van der Waals surface area contributed by atoms with Gasteiger partial charge >= 0.3 is 5.97 Å². The van der Waals surface area contributed by atoms with Crippen LogP contribution >= 0.6 is 0 Å². The Labute approximate surface area is 82.7 Å². The van der Waals surface area contributed by atoms with Gasteiger partial charge in [-0.3, -0.25) is 0 Å². The van der Waals surface area contributed by atoms with E-state index in [1.807, 2.05) is 19.1 Å². The fourth-order valence-corrected chi connectivity index (χ4v) is 1.75. The van der Waals surface area contributed by atoms with Crippen LogP contribution in [0.1, 0.15) is 6.92 Å². The Kier molecular flexibility index (Phi) is 2.25. The maximum absolute atomic E-state index is 11.4. The number of fused-ring (bicyclic) bond motifs is 1. The van der Waals surface area contributed by atoms with Crippen LogP contribution in [0.5, 0.6) is 0 Å². The maximum Gasteiger partial charge on any atom is 0.341 e. The molecule has 0 amide bonds. The summed E-state index contributed by atoms with van der Waals surface area (Å²) in [4.78, 5) is 11.4. The number of carbonyl (C=O) groups excluding carboxylic acids is 1. The fraction of sp³-hybridized carbons (Fsp3) is 0.364. The summed E-state index contributed by atoms with van der Waals surface area (Å²) in [6.07, 6.45) is 4.98. The van der Waals surface area contributed by atoms with E-state index in [1.165, 1.54) is 0 Å². The maximum atomic E-state index is 11.4. The summed E-state index contributed by atoms with van der Waals surface area (Å²) < 4.78 is 10.4. The van der Waals surface area contributed by atoms with Crippen molar-refractivity contribution in [3.63, 3.8) is 0 Å². The summed E-state index contributed by atoms with van der Waals surface area (Å²) in [5, 5.41) is 0. The molecule has 3 heteroatoms. The van der Waals surface area contributed by atoms with Gasteiger partial charge in [-0.25, -0.2) is 4.79 Å². The van der Waals surface area contributed by atoms with Crippen molar-refractivity contribution in [1.29, 1.82) is 0 Å². The molecular formula is C11H12O3. The van der Waals surface area contributed by atoms with Crippen LogP contribution in [0.4, 0.5) is 0 Å². The molecular weight excluding hydrogens is 180 g/mol. The van der Waals surface area contributed by atoms with Gasteiger partial charge in [-0.05, 0) is 18.6 Å². The molecule has 0 radical (unpaired) electrons. The molecule has 2 unspecified atom stereocenters. The van der Waals surface area contributed by atoms with E-state index in [4.69, 9.17) is 9.47 Å². The molecule has 0 aromatic carbocycles. The minimum Gasteiger partial charge on any atom is -0.428 e. The first-order valence-electron chi connectivity index (χ1n) is 4.64. The van der Waals surface area contributed by atoms with Crippen molar-refractivity contribution in [3.8, 4) is 0 Å². The van der Waals surface area contributed by atoms with Gasteiger partial charge < -0.3 is 9.47 Å². The van der Waals surface area contributed by atoms with Gasteiger partial charge in [0.15, 0.2) is 6.10 Å². The van der Waals surface area contributed by atoms with Crippen molar-refractivity contribution in [2.75, 3.05) is 6.61 Å². The van der Waals surface area contributed by atoms with Crippen LogP contribution in [0.2, 0.25) is 0 Å². The Hall–Kier alpha value is -1.35. The van der Waals surface area contributed by atoms with Crippen LogP contribution in [0, 0.1) is 5.92 Å². The van der Waals surface area contributed by atoms with E-state index in [-0.39, 0.29) is 11.9 Å². The Balaban J connectivity index is 2.28. The third-order valence-electron chi connectivity index (χ3n) is 2.38. The topological polar surface area (TPSA) is 35.5 Å². The minimum absolute atomic E-state index is 0.118. The minimum atomic E-state index is -0.510. The zero-order chi connectivity index (χ0) is 10.1. The number of hydrogen-bond donors (Lipinski definition) is 0. The normalized spacial score (nSPS) is 29.9. The molecule has 1 aliphatic heterocycles. The summed E-state index contributed by atoms with van der Waals surface area (Å²) in [6.45, 7) is 6.24. The molecule has 2 rings (SSSR count). The molecule has 1 aliphatic carbocycles. The summed E-state index contributed by atoms with van der Waals surface area (Å²) in [5.41, 5.74) is 0.867. The van der Waals surface area contributed by atoms with Gasteiger partial charge in [0.25, 0.3) is 0 Å². The van der Waals surface area contributed by atoms with Crippen molar-refractivity contribution in [1.82, 2.24) is 0 Å². The molecule has 2 aliphatic rings. The Morgan fingerprint density at radius 2 is 2.43 bits per heavy atom. The van der Waals surface area contributed by atoms with Crippen LogP contribution in [0.15, 0.2) is 36.1 Å². The standard InChI is InChI=1S/C11H12O3/c1-3-13-10-9-7(2)5-4-6-8(9)14-11(10)12/h4-6,9-10H,2-3H2,1H3. The van der Waals surface area contributed by atoms with Gasteiger partial charge in [-0.15, -0.1) is 0 Å². The fourth-order valence-electron chi connectivity index (χ4n) is 1.75. The van der Waals surface area contributed by atoms with Crippen molar-refractivity contribution >= 4 is 5.97 Å². The van der Waals surface area contributed by atoms with Crippen molar-refractivity contribution in [3.05, 3.63) is 36.1 Å². The van der Waals surface area contributed by atoms with Crippen LogP contribution in [0.25, 0.3) is 0 Å². The van der Waals surface area contributed by atoms with E-state index < -0.39 is 6.10 Å². The van der Waals surface area contributed by atoms with Crippen molar-refractivity contribution < 1.29 is 14.3 Å². The highest BCUT2D eigenvalue weighted by atomic mass is 16.6. The molecule has 74 valence electrons. The average molecular weight is 192 g/mol. The van der Waals surface area contributed by atoms with Crippen LogP contribution < -0.4 is 0 Å². The number of allylic oxidation sites excluding steroid dienone is 3. The highest BCUT2D eigenvalue weighted by Crippen LogP contribution is 2.36. The van der Waals surface area contributed by atoms with Crippen LogP contribution in [-0.4, -0.2) is 18.7 Å². The predicted molar refractivity (Wildman–Crippen MR) is 51.4 cm³/mol. The van der Waals surface area contributed by atoms with E-state index in [2.05, 4.69) is 6.58 Å². The lowest BCUT2D eigenvalue weighted by molar-refractivity contribution is -0.145. The Bertz CT molecular complexity index is 338. The van der Waals surface area contributed by atoms with Gasteiger partial charge in [0, 0.05) is 6.61 Å². The van der Waals surface area contributed by atoms with Gasteiger partial charge in [-0.1, -0.05) is 18.7 Å². The van der Waals surface area contributed by atoms with E-state index in [0.717, 1.165) is 5.57 Å². The van der Waals surface area contributed by atoms with Gasteiger partial charge in [-0.2, -0.15) is 0 Å². The van der Waals surface area contributed by atoms with Gasteiger partial charge in [0.1, 0.15) is 5.76 Å². The smallest absolute Gasteiger partial charge is 0.341 e. The second-order valence-electron chi connectivity index (χ2n) is 3.28.